The third-order valence-electron chi connectivity index (χ3n) is 6.09. The lowest BCUT2D eigenvalue weighted by atomic mass is 9.93. The average Bonchev–Trinajstić information content (AvgIpc) is 3.47. The highest BCUT2D eigenvalue weighted by molar-refractivity contribution is 7.21. The molecule has 5 heteroatoms. The van der Waals surface area contributed by atoms with Crippen molar-refractivity contribution >= 4 is 50.3 Å². The Bertz CT molecular complexity index is 1190. The summed E-state index contributed by atoms with van der Waals surface area (Å²) in [6.45, 7) is 0.618. The lowest BCUT2D eigenvalue weighted by Gasteiger charge is -2.34. The molecule has 0 aliphatic heterocycles. The maximum Gasteiger partial charge on any atom is 0.266 e. The van der Waals surface area contributed by atoms with E-state index < -0.39 is 0 Å². The Labute approximate surface area is 196 Å². The van der Waals surface area contributed by atoms with Crippen molar-refractivity contribution in [2.45, 2.75) is 44.7 Å². The van der Waals surface area contributed by atoms with E-state index in [4.69, 9.17) is 11.6 Å². The molecule has 1 amide bonds. The van der Waals surface area contributed by atoms with E-state index in [-0.39, 0.29) is 11.9 Å². The number of carbonyl (C=O) groups excluding carboxylic acids is 1. The summed E-state index contributed by atoms with van der Waals surface area (Å²) in [7, 11) is 0. The van der Waals surface area contributed by atoms with Gasteiger partial charge in [-0.25, -0.2) is 0 Å². The summed E-state index contributed by atoms with van der Waals surface area (Å²) in [5.74, 6) is 0.0691. The summed E-state index contributed by atoms with van der Waals surface area (Å²) in [6, 6.07) is 21.1. The fourth-order valence-electron chi connectivity index (χ4n) is 4.50. The molecule has 0 spiro atoms. The van der Waals surface area contributed by atoms with Gasteiger partial charge in [-0.3, -0.25) is 4.79 Å². The number of amides is 1. The predicted octanol–water partition coefficient (Wildman–Crippen LogP) is 8.26. The molecule has 31 heavy (non-hydrogen) atoms. The molecule has 0 N–H and O–H groups in total. The topological polar surface area (TPSA) is 20.3 Å². The molecule has 2 nitrogen and oxygen atoms in total. The van der Waals surface area contributed by atoms with Crippen LogP contribution in [-0.2, 0) is 6.54 Å². The smallest absolute Gasteiger partial charge is 0.266 e. The molecule has 5 rings (SSSR count). The highest BCUT2D eigenvalue weighted by Crippen LogP contribution is 2.37. The summed E-state index contributed by atoms with van der Waals surface area (Å²) in [4.78, 5) is 17.8. The van der Waals surface area contributed by atoms with Crippen LogP contribution in [0.4, 0.5) is 0 Å². The quantitative estimate of drug-likeness (QED) is 0.290. The van der Waals surface area contributed by atoms with Gasteiger partial charge in [-0.2, -0.15) is 0 Å². The first-order valence-electron chi connectivity index (χ1n) is 10.8. The second-order valence-corrected chi connectivity index (χ2v) is 10.5. The second-order valence-electron chi connectivity index (χ2n) is 8.14. The van der Waals surface area contributed by atoms with Crippen molar-refractivity contribution in [2.24, 2.45) is 0 Å². The molecule has 0 atom stereocenters. The molecule has 1 fully saturated rings. The largest absolute Gasteiger partial charge is 0.331 e. The fraction of sp³-hybridized carbons (Fsp3) is 0.269. The molecule has 4 aromatic rings. The third-order valence-corrected chi connectivity index (χ3v) is 8.67. The molecule has 0 saturated heterocycles. The van der Waals surface area contributed by atoms with E-state index in [9.17, 15) is 4.79 Å². The molecule has 2 heterocycles. The van der Waals surface area contributed by atoms with Gasteiger partial charge in [0.15, 0.2) is 0 Å². The number of carbonyl (C=O) groups is 1. The van der Waals surface area contributed by atoms with Crippen molar-refractivity contribution < 1.29 is 4.79 Å². The van der Waals surface area contributed by atoms with Gasteiger partial charge in [-0.05, 0) is 47.5 Å². The van der Waals surface area contributed by atoms with Crippen LogP contribution in [0, 0.1) is 0 Å². The van der Waals surface area contributed by atoms with Crippen LogP contribution in [-0.4, -0.2) is 16.8 Å². The first-order chi connectivity index (χ1) is 15.2. The molecule has 1 aliphatic carbocycles. The zero-order valence-electron chi connectivity index (χ0n) is 17.2. The summed E-state index contributed by atoms with van der Waals surface area (Å²) in [5.41, 5.74) is 2.38. The second kappa shape index (κ2) is 9.15. The van der Waals surface area contributed by atoms with E-state index >= 15 is 0 Å². The zero-order valence-corrected chi connectivity index (χ0v) is 19.6. The Morgan fingerprint density at radius 3 is 2.61 bits per heavy atom. The van der Waals surface area contributed by atoms with Gasteiger partial charge in [-0.1, -0.05) is 73.3 Å². The van der Waals surface area contributed by atoms with Gasteiger partial charge in [0.25, 0.3) is 5.91 Å². The minimum atomic E-state index is 0.0691. The molecule has 1 saturated carbocycles. The number of nitrogens with zero attached hydrogens (tertiary/aromatic N) is 1. The molecule has 1 aliphatic rings. The van der Waals surface area contributed by atoms with Crippen LogP contribution in [0.3, 0.4) is 0 Å². The number of hydrogen-bond acceptors (Lipinski definition) is 3. The van der Waals surface area contributed by atoms with Crippen LogP contribution in [0.25, 0.3) is 20.5 Å². The van der Waals surface area contributed by atoms with Gasteiger partial charge in [0.2, 0.25) is 0 Å². The normalized spacial score (nSPS) is 14.7. The zero-order chi connectivity index (χ0) is 21.2. The van der Waals surface area contributed by atoms with Gasteiger partial charge >= 0.3 is 0 Å². The van der Waals surface area contributed by atoms with Crippen molar-refractivity contribution in [3.05, 3.63) is 81.5 Å². The van der Waals surface area contributed by atoms with Crippen molar-refractivity contribution in [3.63, 3.8) is 0 Å². The third kappa shape index (κ3) is 4.30. The van der Waals surface area contributed by atoms with Crippen LogP contribution in [0.15, 0.2) is 66.0 Å². The van der Waals surface area contributed by atoms with E-state index in [2.05, 4.69) is 46.7 Å². The van der Waals surface area contributed by atoms with Gasteiger partial charge in [0.1, 0.15) is 4.88 Å². The SMILES string of the molecule is O=C(c1sc2ccccc2c1Cl)N(Cc1cccc(-c2cccs2)c1)C1CCCCC1. The van der Waals surface area contributed by atoms with Gasteiger partial charge in [-0.15, -0.1) is 22.7 Å². The maximum atomic E-state index is 13.8. The fourth-order valence-corrected chi connectivity index (χ4v) is 6.70. The Balaban J connectivity index is 1.49. The van der Waals surface area contributed by atoms with Crippen molar-refractivity contribution in [1.29, 1.82) is 0 Å². The van der Waals surface area contributed by atoms with E-state index in [0.717, 1.165) is 22.9 Å². The van der Waals surface area contributed by atoms with Crippen molar-refractivity contribution in [1.82, 2.24) is 4.90 Å². The van der Waals surface area contributed by atoms with Crippen LogP contribution in [0.2, 0.25) is 5.02 Å². The van der Waals surface area contributed by atoms with E-state index in [1.165, 1.54) is 46.6 Å². The number of thiophene rings is 2. The Kier molecular flexibility index (Phi) is 6.13. The summed E-state index contributed by atoms with van der Waals surface area (Å²) >= 11 is 9.95. The number of halogens is 1. The maximum absolute atomic E-state index is 13.8. The van der Waals surface area contributed by atoms with Crippen molar-refractivity contribution in [2.75, 3.05) is 0 Å². The first-order valence-corrected chi connectivity index (χ1v) is 12.9. The number of fused-ring (bicyclic) bond motifs is 1. The number of hydrogen-bond donors (Lipinski definition) is 0. The van der Waals surface area contributed by atoms with Crippen molar-refractivity contribution in [3.8, 4) is 10.4 Å². The van der Waals surface area contributed by atoms with Crippen LogP contribution >= 0.6 is 34.3 Å². The Morgan fingerprint density at radius 1 is 1.00 bits per heavy atom. The lowest BCUT2D eigenvalue weighted by molar-refractivity contribution is 0.0619. The highest BCUT2D eigenvalue weighted by atomic mass is 35.5. The Hall–Kier alpha value is -2.14. The standard InChI is InChI=1S/C26H24ClNOS2/c27-24-21-12-4-5-13-23(21)31-25(24)26(29)28(20-10-2-1-3-11-20)17-18-8-6-9-19(16-18)22-14-7-15-30-22/h4-9,12-16,20H,1-3,10-11,17H2. The predicted molar refractivity (Wildman–Crippen MR) is 133 cm³/mol. The number of rotatable bonds is 5. The molecule has 0 unspecified atom stereocenters. The molecule has 2 aromatic carbocycles. The summed E-state index contributed by atoms with van der Waals surface area (Å²) in [6.07, 6.45) is 5.77. The van der Waals surface area contributed by atoms with E-state index in [1.807, 2.05) is 24.3 Å². The molecular weight excluding hydrogens is 442 g/mol. The Morgan fingerprint density at radius 2 is 1.84 bits per heavy atom. The van der Waals surface area contributed by atoms with Gasteiger partial charge in [0.05, 0.1) is 5.02 Å². The van der Waals surface area contributed by atoms with E-state index in [0.29, 0.717) is 16.4 Å². The van der Waals surface area contributed by atoms with Crippen LogP contribution < -0.4 is 0 Å². The van der Waals surface area contributed by atoms with Gasteiger partial charge in [0, 0.05) is 27.5 Å². The average molecular weight is 466 g/mol. The minimum Gasteiger partial charge on any atom is -0.331 e. The van der Waals surface area contributed by atoms with Crippen LogP contribution in [0.1, 0.15) is 47.3 Å². The van der Waals surface area contributed by atoms with Crippen LogP contribution in [0.5, 0.6) is 0 Å². The monoisotopic (exact) mass is 465 g/mol. The highest BCUT2D eigenvalue weighted by Gasteiger charge is 2.29. The first kappa shape index (κ1) is 20.7. The molecule has 2 aromatic heterocycles. The molecule has 158 valence electrons. The molecule has 0 radical (unpaired) electrons. The minimum absolute atomic E-state index is 0.0691. The molecule has 0 bridgehead atoms. The van der Waals surface area contributed by atoms with Gasteiger partial charge < -0.3 is 4.90 Å². The summed E-state index contributed by atoms with van der Waals surface area (Å²) < 4.78 is 1.07. The van der Waals surface area contributed by atoms with E-state index in [1.54, 1.807) is 11.3 Å². The lowest BCUT2D eigenvalue weighted by Crippen LogP contribution is -2.40. The number of benzene rings is 2. The summed E-state index contributed by atoms with van der Waals surface area (Å²) in [5, 5.41) is 3.67. The molecular formula is C26H24ClNOS2.